The number of hydrogen-bond donors (Lipinski definition) is 2. The molecule has 0 aliphatic heterocycles. The topological polar surface area (TPSA) is 79.7 Å². The summed E-state index contributed by atoms with van der Waals surface area (Å²) in [5.41, 5.74) is 5.56. The summed E-state index contributed by atoms with van der Waals surface area (Å²) in [5, 5.41) is 11.6. The van der Waals surface area contributed by atoms with E-state index < -0.39 is 0 Å². The van der Waals surface area contributed by atoms with Crippen LogP contribution in [0.4, 0.5) is 5.95 Å². The van der Waals surface area contributed by atoms with Crippen LogP contribution in [0, 0.1) is 5.92 Å². The van der Waals surface area contributed by atoms with Gasteiger partial charge < -0.3 is 20.4 Å². The molecule has 16 heavy (non-hydrogen) atoms. The maximum atomic E-state index is 8.60. The van der Waals surface area contributed by atoms with Crippen molar-refractivity contribution in [3.05, 3.63) is 12.4 Å². The molecule has 0 bridgehead atoms. The Kier molecular flexibility index (Phi) is 4.16. The fourth-order valence-corrected chi connectivity index (χ4v) is 1.54. The first-order valence-electron chi connectivity index (χ1n) is 5.29. The zero-order chi connectivity index (χ0) is 12.1. The minimum absolute atomic E-state index is 0.0124. The van der Waals surface area contributed by atoms with Gasteiger partial charge in [-0.25, -0.2) is 4.98 Å². The maximum absolute atomic E-state index is 8.60. The molecule has 0 radical (unpaired) electrons. The van der Waals surface area contributed by atoms with Crippen molar-refractivity contribution >= 4 is 11.8 Å². The van der Waals surface area contributed by atoms with E-state index in [-0.39, 0.29) is 11.8 Å². The molecule has 0 fully saturated rings. The van der Waals surface area contributed by atoms with Crippen LogP contribution in [0.25, 0.3) is 0 Å². The molecule has 90 valence electrons. The first-order valence-corrected chi connectivity index (χ1v) is 5.29. The lowest BCUT2D eigenvalue weighted by Gasteiger charge is -2.24. The molecule has 1 heterocycles. The minimum atomic E-state index is -0.0124. The highest BCUT2D eigenvalue weighted by molar-refractivity contribution is 5.82. The molecule has 3 N–H and O–H groups in total. The van der Waals surface area contributed by atoms with Gasteiger partial charge in [-0.15, -0.1) is 0 Å². The fraction of sp³-hybridized carbons (Fsp3) is 0.600. The lowest BCUT2D eigenvalue weighted by molar-refractivity contribution is 0.314. The zero-order valence-corrected chi connectivity index (χ0v) is 9.96. The van der Waals surface area contributed by atoms with Crippen molar-refractivity contribution in [3.8, 4) is 0 Å². The monoisotopic (exact) mass is 225 g/mol. The third kappa shape index (κ3) is 2.65. The average Bonchev–Trinajstić information content (AvgIpc) is 2.70. The maximum Gasteiger partial charge on any atom is 0.205 e. The number of amidine groups is 1. The fourth-order valence-electron chi connectivity index (χ4n) is 1.54. The van der Waals surface area contributed by atoms with Crippen LogP contribution in [0.3, 0.4) is 0 Å². The Balaban J connectivity index is 2.74. The highest BCUT2D eigenvalue weighted by Crippen LogP contribution is 2.11. The molecule has 0 amide bonds. The smallest absolute Gasteiger partial charge is 0.205 e. The number of nitrogens with two attached hydrogens (primary N) is 1. The molecule has 6 nitrogen and oxygen atoms in total. The van der Waals surface area contributed by atoms with E-state index in [4.69, 9.17) is 10.9 Å². The van der Waals surface area contributed by atoms with Crippen LogP contribution in [0.1, 0.15) is 13.8 Å². The highest BCUT2D eigenvalue weighted by atomic mass is 16.4. The number of aryl methyl sites for hydroxylation is 1. The van der Waals surface area contributed by atoms with E-state index in [1.807, 2.05) is 31.7 Å². The quantitative estimate of drug-likeness (QED) is 0.333. The number of imidazole rings is 1. The molecule has 0 aromatic carbocycles. The summed E-state index contributed by atoms with van der Waals surface area (Å²) in [6.07, 6.45) is 3.65. The largest absolute Gasteiger partial charge is 0.409 e. The molecule has 1 aromatic heterocycles. The molecular weight excluding hydrogens is 206 g/mol. The molecule has 0 saturated carbocycles. The number of aromatic nitrogens is 2. The van der Waals surface area contributed by atoms with Crippen LogP contribution in [0.2, 0.25) is 0 Å². The van der Waals surface area contributed by atoms with E-state index >= 15 is 0 Å². The molecule has 1 aromatic rings. The second-order valence-electron chi connectivity index (χ2n) is 3.80. The molecule has 0 spiro atoms. The van der Waals surface area contributed by atoms with E-state index in [9.17, 15) is 0 Å². The summed E-state index contributed by atoms with van der Waals surface area (Å²) in [4.78, 5) is 6.36. The van der Waals surface area contributed by atoms with Gasteiger partial charge in [-0.05, 0) is 6.92 Å². The van der Waals surface area contributed by atoms with Crippen LogP contribution < -0.4 is 10.6 Å². The van der Waals surface area contributed by atoms with Crippen molar-refractivity contribution in [2.24, 2.45) is 23.9 Å². The molecule has 0 aliphatic carbocycles. The predicted octanol–water partition coefficient (Wildman–Crippen LogP) is 0.629. The molecular formula is C10H19N5O. The van der Waals surface area contributed by atoms with Gasteiger partial charge in [0.25, 0.3) is 0 Å². The molecule has 0 saturated heterocycles. The van der Waals surface area contributed by atoms with Crippen molar-refractivity contribution in [1.29, 1.82) is 0 Å². The van der Waals surface area contributed by atoms with Gasteiger partial charge in [0.2, 0.25) is 5.95 Å². The average molecular weight is 225 g/mol. The molecule has 1 atom stereocenters. The molecule has 1 rings (SSSR count). The van der Waals surface area contributed by atoms with Crippen molar-refractivity contribution in [3.63, 3.8) is 0 Å². The van der Waals surface area contributed by atoms with Crippen molar-refractivity contribution < 1.29 is 5.21 Å². The van der Waals surface area contributed by atoms with Crippen molar-refractivity contribution in [2.45, 2.75) is 13.8 Å². The van der Waals surface area contributed by atoms with Gasteiger partial charge in [0.15, 0.2) is 0 Å². The number of nitrogens with zero attached hydrogens (tertiary/aromatic N) is 4. The third-order valence-corrected chi connectivity index (χ3v) is 2.57. The molecule has 0 aliphatic rings. The molecule has 6 heteroatoms. The van der Waals surface area contributed by atoms with E-state index in [0.717, 1.165) is 12.5 Å². The first kappa shape index (κ1) is 12.4. The summed E-state index contributed by atoms with van der Waals surface area (Å²) in [6.45, 7) is 5.47. The lowest BCUT2D eigenvalue weighted by Crippen LogP contribution is -2.36. The van der Waals surface area contributed by atoms with Crippen molar-refractivity contribution in [2.75, 3.05) is 18.0 Å². The SMILES string of the molecule is CCN(CC(C)C(N)=NO)c1nccn1C. The van der Waals surface area contributed by atoms with Crippen LogP contribution >= 0.6 is 0 Å². The van der Waals surface area contributed by atoms with Crippen molar-refractivity contribution in [1.82, 2.24) is 9.55 Å². The second-order valence-corrected chi connectivity index (χ2v) is 3.80. The summed E-state index contributed by atoms with van der Waals surface area (Å²) < 4.78 is 1.95. The Hall–Kier alpha value is -1.72. The summed E-state index contributed by atoms with van der Waals surface area (Å²) >= 11 is 0. The van der Waals surface area contributed by atoms with Gasteiger partial charge in [-0.2, -0.15) is 0 Å². The van der Waals surface area contributed by atoms with Gasteiger partial charge >= 0.3 is 0 Å². The normalized spacial score (nSPS) is 13.8. The second kappa shape index (κ2) is 5.39. The van der Waals surface area contributed by atoms with Crippen LogP contribution in [-0.2, 0) is 7.05 Å². The van der Waals surface area contributed by atoms with Gasteiger partial charge in [0.05, 0.1) is 0 Å². The van der Waals surface area contributed by atoms with E-state index in [1.54, 1.807) is 6.20 Å². The minimum Gasteiger partial charge on any atom is -0.409 e. The molecule has 1 unspecified atom stereocenters. The number of rotatable bonds is 5. The Bertz CT molecular complexity index is 360. The van der Waals surface area contributed by atoms with Gasteiger partial charge in [0.1, 0.15) is 5.84 Å². The number of oxime groups is 1. The Labute approximate surface area is 95.4 Å². The van der Waals surface area contributed by atoms with Crippen LogP contribution in [-0.4, -0.2) is 33.7 Å². The van der Waals surface area contributed by atoms with Gasteiger partial charge in [0, 0.05) is 38.4 Å². The van der Waals surface area contributed by atoms with Crippen LogP contribution in [0.5, 0.6) is 0 Å². The summed E-state index contributed by atoms with van der Waals surface area (Å²) in [6, 6.07) is 0. The number of anilines is 1. The lowest BCUT2D eigenvalue weighted by atomic mass is 10.1. The Morgan fingerprint density at radius 2 is 2.44 bits per heavy atom. The summed E-state index contributed by atoms with van der Waals surface area (Å²) in [7, 11) is 1.94. The highest BCUT2D eigenvalue weighted by Gasteiger charge is 2.15. The first-order chi connectivity index (χ1) is 7.60. The number of hydrogen-bond acceptors (Lipinski definition) is 4. The van der Waals surface area contributed by atoms with Crippen LogP contribution in [0.15, 0.2) is 17.5 Å². The third-order valence-electron chi connectivity index (χ3n) is 2.57. The Morgan fingerprint density at radius 1 is 1.75 bits per heavy atom. The summed E-state index contributed by atoms with van der Waals surface area (Å²) in [5.74, 6) is 1.12. The zero-order valence-electron chi connectivity index (χ0n) is 9.96. The van der Waals surface area contributed by atoms with Gasteiger partial charge in [-0.3, -0.25) is 0 Å². The van der Waals surface area contributed by atoms with E-state index in [2.05, 4.69) is 15.0 Å². The van der Waals surface area contributed by atoms with Gasteiger partial charge in [-0.1, -0.05) is 12.1 Å². The standard InChI is InChI=1S/C10H19N5O/c1-4-15(7-8(2)9(11)13-16)10-12-5-6-14(10)3/h5-6,8,16H,4,7H2,1-3H3,(H2,11,13). The van der Waals surface area contributed by atoms with E-state index in [0.29, 0.717) is 6.54 Å². The predicted molar refractivity (Wildman–Crippen MR) is 63.7 cm³/mol. The Morgan fingerprint density at radius 3 is 2.88 bits per heavy atom. The van der Waals surface area contributed by atoms with E-state index in [1.165, 1.54) is 0 Å².